The molecular weight excluding hydrogens is 366 g/mol. The van der Waals surface area contributed by atoms with Crippen molar-refractivity contribution >= 4 is 16.1 Å². The average molecular weight is 396 g/mol. The van der Waals surface area contributed by atoms with E-state index < -0.39 is 10.0 Å². The molecule has 2 heterocycles. The van der Waals surface area contributed by atoms with Crippen LogP contribution in [0.2, 0.25) is 0 Å². The fraction of sp³-hybridized carbons (Fsp3) is 0.632. The van der Waals surface area contributed by atoms with E-state index in [0.717, 1.165) is 19.3 Å². The van der Waals surface area contributed by atoms with Crippen LogP contribution in [0.15, 0.2) is 30.3 Å². The molecule has 150 valence electrons. The SMILES string of the molecule is CS(=O)(=O)N1CC[C@H](N(C(=O)NCCc2ccccc2)C2CCOCC2)C1. The molecule has 0 aromatic heterocycles. The van der Waals surface area contributed by atoms with Crippen molar-refractivity contribution in [3.05, 3.63) is 35.9 Å². The lowest BCUT2D eigenvalue weighted by molar-refractivity contribution is 0.0349. The molecule has 0 saturated carbocycles. The minimum Gasteiger partial charge on any atom is -0.381 e. The molecule has 7 nitrogen and oxygen atoms in total. The zero-order valence-electron chi connectivity index (χ0n) is 15.8. The second kappa shape index (κ2) is 9.03. The molecule has 8 heteroatoms. The molecule has 1 N–H and O–H groups in total. The van der Waals surface area contributed by atoms with Crippen LogP contribution in [0.25, 0.3) is 0 Å². The van der Waals surface area contributed by atoms with Crippen LogP contribution in [0, 0.1) is 0 Å². The lowest BCUT2D eigenvalue weighted by Crippen LogP contribution is -2.54. The van der Waals surface area contributed by atoms with Gasteiger partial charge < -0.3 is 15.0 Å². The van der Waals surface area contributed by atoms with Gasteiger partial charge >= 0.3 is 6.03 Å². The molecule has 1 atom stereocenters. The van der Waals surface area contributed by atoms with Gasteiger partial charge in [0.1, 0.15) is 0 Å². The summed E-state index contributed by atoms with van der Waals surface area (Å²) >= 11 is 0. The van der Waals surface area contributed by atoms with E-state index >= 15 is 0 Å². The Kier molecular flexibility index (Phi) is 6.73. The highest BCUT2D eigenvalue weighted by molar-refractivity contribution is 7.88. The number of rotatable bonds is 6. The van der Waals surface area contributed by atoms with Crippen LogP contribution in [-0.2, 0) is 21.2 Å². The highest BCUT2D eigenvalue weighted by Gasteiger charge is 2.38. The average Bonchev–Trinajstić information content (AvgIpc) is 3.14. The van der Waals surface area contributed by atoms with Crippen LogP contribution < -0.4 is 5.32 Å². The van der Waals surface area contributed by atoms with Gasteiger partial charge in [-0.25, -0.2) is 17.5 Å². The highest BCUT2D eigenvalue weighted by Crippen LogP contribution is 2.24. The number of sulfonamides is 1. The molecule has 27 heavy (non-hydrogen) atoms. The molecule has 0 spiro atoms. The lowest BCUT2D eigenvalue weighted by atomic mass is 10.0. The van der Waals surface area contributed by atoms with Gasteiger partial charge in [-0.3, -0.25) is 0 Å². The van der Waals surface area contributed by atoms with E-state index in [-0.39, 0.29) is 18.1 Å². The molecule has 2 amide bonds. The van der Waals surface area contributed by atoms with E-state index in [1.165, 1.54) is 16.1 Å². The monoisotopic (exact) mass is 395 g/mol. The third-order valence-corrected chi connectivity index (χ3v) is 6.61. The van der Waals surface area contributed by atoms with Crippen LogP contribution in [-0.4, -0.2) is 74.8 Å². The van der Waals surface area contributed by atoms with E-state index in [4.69, 9.17) is 4.74 Å². The summed E-state index contributed by atoms with van der Waals surface area (Å²) in [7, 11) is -3.23. The maximum absolute atomic E-state index is 13.0. The summed E-state index contributed by atoms with van der Waals surface area (Å²) in [6, 6.07) is 9.96. The number of hydrogen-bond acceptors (Lipinski definition) is 4. The second-order valence-corrected chi connectivity index (χ2v) is 9.26. The van der Waals surface area contributed by atoms with Gasteiger partial charge in [0.05, 0.1) is 6.26 Å². The number of benzene rings is 1. The second-order valence-electron chi connectivity index (χ2n) is 7.28. The largest absolute Gasteiger partial charge is 0.381 e. The third kappa shape index (κ3) is 5.43. The Bertz CT molecular complexity index is 720. The number of nitrogens with zero attached hydrogens (tertiary/aromatic N) is 2. The van der Waals surface area contributed by atoms with E-state index in [0.29, 0.717) is 39.3 Å². The Hall–Kier alpha value is -1.64. The number of urea groups is 1. The maximum atomic E-state index is 13.0. The first-order valence-corrected chi connectivity index (χ1v) is 11.4. The minimum atomic E-state index is -3.23. The summed E-state index contributed by atoms with van der Waals surface area (Å²) in [5.41, 5.74) is 1.18. The van der Waals surface area contributed by atoms with Gasteiger partial charge in [-0.2, -0.15) is 0 Å². The first-order chi connectivity index (χ1) is 12.9. The van der Waals surface area contributed by atoms with Gasteiger partial charge in [-0.05, 0) is 31.2 Å². The number of nitrogens with one attached hydrogen (secondary N) is 1. The topological polar surface area (TPSA) is 79.0 Å². The summed E-state index contributed by atoms with van der Waals surface area (Å²) in [6.07, 6.45) is 4.27. The predicted molar refractivity (Wildman–Crippen MR) is 104 cm³/mol. The van der Waals surface area contributed by atoms with Crippen molar-refractivity contribution in [3.63, 3.8) is 0 Å². The number of hydrogen-bond donors (Lipinski definition) is 1. The number of ether oxygens (including phenoxy) is 1. The molecular formula is C19H29N3O4S. The first-order valence-electron chi connectivity index (χ1n) is 9.58. The van der Waals surface area contributed by atoms with Crippen LogP contribution in [0.3, 0.4) is 0 Å². The first kappa shape index (κ1) is 20.1. The number of carbonyl (C=O) groups is 1. The number of amides is 2. The molecule has 1 aromatic carbocycles. The van der Waals surface area contributed by atoms with Crippen molar-refractivity contribution in [2.75, 3.05) is 39.1 Å². The zero-order valence-corrected chi connectivity index (χ0v) is 16.7. The Morgan fingerprint density at radius 1 is 1.19 bits per heavy atom. The van der Waals surface area contributed by atoms with Gasteiger partial charge in [0.25, 0.3) is 0 Å². The summed E-state index contributed by atoms with van der Waals surface area (Å²) in [5.74, 6) is 0. The van der Waals surface area contributed by atoms with Crippen molar-refractivity contribution in [3.8, 4) is 0 Å². The minimum absolute atomic E-state index is 0.0837. The zero-order chi connectivity index (χ0) is 19.3. The Morgan fingerprint density at radius 3 is 2.52 bits per heavy atom. The van der Waals surface area contributed by atoms with Crippen LogP contribution in [0.5, 0.6) is 0 Å². The summed E-state index contributed by atoms with van der Waals surface area (Å²) < 4.78 is 30.6. The molecule has 2 aliphatic heterocycles. The molecule has 0 aliphatic carbocycles. The Balaban J connectivity index is 1.63. The van der Waals surface area contributed by atoms with Gasteiger partial charge in [0.15, 0.2) is 0 Å². The van der Waals surface area contributed by atoms with Crippen molar-refractivity contribution in [1.82, 2.24) is 14.5 Å². The van der Waals surface area contributed by atoms with E-state index in [9.17, 15) is 13.2 Å². The molecule has 2 aliphatic rings. The third-order valence-electron chi connectivity index (χ3n) is 5.34. The van der Waals surface area contributed by atoms with Gasteiger partial charge in [-0.1, -0.05) is 30.3 Å². The highest BCUT2D eigenvalue weighted by atomic mass is 32.2. The van der Waals surface area contributed by atoms with E-state index in [1.807, 2.05) is 35.2 Å². The summed E-state index contributed by atoms with van der Waals surface area (Å²) in [6.45, 7) is 2.69. The molecule has 2 fully saturated rings. The van der Waals surface area contributed by atoms with Crippen molar-refractivity contribution in [2.24, 2.45) is 0 Å². The van der Waals surface area contributed by atoms with E-state index in [1.54, 1.807) is 0 Å². The smallest absolute Gasteiger partial charge is 0.317 e. The van der Waals surface area contributed by atoms with E-state index in [2.05, 4.69) is 5.32 Å². The molecule has 2 saturated heterocycles. The lowest BCUT2D eigenvalue weighted by Gasteiger charge is -2.38. The fourth-order valence-corrected chi connectivity index (χ4v) is 4.76. The molecule has 0 bridgehead atoms. The Labute approximate surface area is 161 Å². The molecule has 1 aromatic rings. The maximum Gasteiger partial charge on any atom is 0.317 e. The van der Waals surface area contributed by atoms with Crippen molar-refractivity contribution < 1.29 is 17.9 Å². The van der Waals surface area contributed by atoms with Crippen molar-refractivity contribution in [1.29, 1.82) is 0 Å². The predicted octanol–water partition coefficient (Wildman–Crippen LogP) is 1.45. The summed E-state index contributed by atoms with van der Waals surface area (Å²) in [4.78, 5) is 14.9. The Morgan fingerprint density at radius 2 is 1.89 bits per heavy atom. The van der Waals surface area contributed by atoms with Gasteiger partial charge in [-0.15, -0.1) is 0 Å². The molecule has 3 rings (SSSR count). The fourth-order valence-electron chi connectivity index (χ4n) is 3.88. The van der Waals surface area contributed by atoms with Crippen LogP contribution in [0.1, 0.15) is 24.8 Å². The quantitative estimate of drug-likeness (QED) is 0.791. The molecule has 0 radical (unpaired) electrons. The van der Waals surface area contributed by atoms with Crippen LogP contribution >= 0.6 is 0 Å². The molecule has 0 unspecified atom stereocenters. The standard InChI is InChI=1S/C19H29N3O4S/c1-27(24,25)21-12-8-18(15-21)22(17-9-13-26-14-10-17)19(23)20-11-7-16-5-3-2-4-6-16/h2-6,17-18H,7-15H2,1H3,(H,20,23)/t18-/m0/s1. The summed E-state index contributed by atoms with van der Waals surface area (Å²) in [5, 5.41) is 3.04. The number of carbonyl (C=O) groups excluding carboxylic acids is 1. The van der Waals surface area contributed by atoms with Gasteiger partial charge in [0, 0.05) is 44.9 Å². The van der Waals surface area contributed by atoms with Gasteiger partial charge in [0.2, 0.25) is 10.0 Å². The normalized spacial score (nSPS) is 21.9. The van der Waals surface area contributed by atoms with Crippen LogP contribution in [0.4, 0.5) is 4.79 Å². The van der Waals surface area contributed by atoms with Crippen molar-refractivity contribution in [2.45, 2.75) is 37.8 Å².